The van der Waals surface area contributed by atoms with Crippen LogP contribution in [0.15, 0.2) is 0 Å². The Balaban J connectivity index is 2.11. The van der Waals surface area contributed by atoms with Gasteiger partial charge >= 0.3 is 5.97 Å². The van der Waals surface area contributed by atoms with Crippen LogP contribution in [0.3, 0.4) is 0 Å². The highest BCUT2D eigenvalue weighted by Crippen LogP contribution is 2.20. The smallest absolute Gasteiger partial charge is 0.310 e. The molecule has 1 aliphatic carbocycles. The maximum absolute atomic E-state index is 11.2. The summed E-state index contributed by atoms with van der Waals surface area (Å²) in [6.07, 6.45) is 9.57. The molecule has 1 aliphatic rings. The standard InChI is InChI=1S/C11H19O2/c1-2-3-9-11(12)13-10-7-5-4-6-8-10/h9-10H,2-8H2,1H3. The van der Waals surface area contributed by atoms with Gasteiger partial charge < -0.3 is 4.74 Å². The number of unbranched alkanes of at least 4 members (excludes halogenated alkanes) is 1. The molecule has 1 radical (unpaired) electrons. The molecule has 1 rings (SSSR count). The summed E-state index contributed by atoms with van der Waals surface area (Å²) in [6, 6.07) is 0. The highest BCUT2D eigenvalue weighted by atomic mass is 16.5. The van der Waals surface area contributed by atoms with E-state index in [1.54, 1.807) is 6.42 Å². The average molecular weight is 183 g/mol. The van der Waals surface area contributed by atoms with Gasteiger partial charge in [-0.2, -0.15) is 0 Å². The van der Waals surface area contributed by atoms with Crippen LogP contribution in [-0.2, 0) is 9.53 Å². The fourth-order valence-electron chi connectivity index (χ4n) is 1.66. The molecule has 0 aliphatic heterocycles. The van der Waals surface area contributed by atoms with Gasteiger partial charge in [0.25, 0.3) is 0 Å². The lowest BCUT2D eigenvalue weighted by molar-refractivity contribution is -0.146. The second-order valence-corrected chi connectivity index (χ2v) is 3.69. The third kappa shape index (κ3) is 4.30. The van der Waals surface area contributed by atoms with Crippen LogP contribution in [0, 0.1) is 6.42 Å². The van der Waals surface area contributed by atoms with Gasteiger partial charge in [0.05, 0.1) is 6.42 Å². The molecule has 0 amide bonds. The molecule has 2 heteroatoms. The van der Waals surface area contributed by atoms with Crippen molar-refractivity contribution in [3.05, 3.63) is 6.42 Å². The van der Waals surface area contributed by atoms with E-state index in [0.717, 1.165) is 25.7 Å². The Kier molecular flexibility index (Phi) is 4.87. The van der Waals surface area contributed by atoms with E-state index in [4.69, 9.17) is 4.74 Å². The number of hydrogen-bond acceptors (Lipinski definition) is 2. The lowest BCUT2D eigenvalue weighted by atomic mass is 9.98. The van der Waals surface area contributed by atoms with E-state index in [-0.39, 0.29) is 12.1 Å². The van der Waals surface area contributed by atoms with Gasteiger partial charge in [0.1, 0.15) is 6.10 Å². The van der Waals surface area contributed by atoms with Crippen LogP contribution in [0.2, 0.25) is 0 Å². The Morgan fingerprint density at radius 2 is 2.08 bits per heavy atom. The quantitative estimate of drug-likeness (QED) is 0.626. The zero-order valence-electron chi connectivity index (χ0n) is 8.42. The number of carbonyl (C=O) groups is 1. The molecular formula is C11H19O2. The van der Waals surface area contributed by atoms with Crippen molar-refractivity contribution >= 4 is 5.97 Å². The largest absolute Gasteiger partial charge is 0.462 e. The first-order chi connectivity index (χ1) is 6.33. The zero-order valence-corrected chi connectivity index (χ0v) is 8.42. The normalized spacial score (nSPS) is 18.5. The second-order valence-electron chi connectivity index (χ2n) is 3.69. The van der Waals surface area contributed by atoms with Gasteiger partial charge in [-0.3, -0.25) is 4.79 Å². The fraction of sp³-hybridized carbons (Fsp3) is 0.818. The van der Waals surface area contributed by atoms with Crippen LogP contribution < -0.4 is 0 Å². The maximum atomic E-state index is 11.2. The third-order valence-electron chi connectivity index (χ3n) is 2.43. The summed E-state index contributed by atoms with van der Waals surface area (Å²) >= 11 is 0. The van der Waals surface area contributed by atoms with Crippen molar-refractivity contribution in [3.63, 3.8) is 0 Å². The van der Waals surface area contributed by atoms with Crippen LogP contribution in [-0.4, -0.2) is 12.1 Å². The first-order valence-corrected chi connectivity index (χ1v) is 5.36. The van der Waals surface area contributed by atoms with Gasteiger partial charge in [0.15, 0.2) is 0 Å². The van der Waals surface area contributed by atoms with Gasteiger partial charge in [0, 0.05) is 0 Å². The summed E-state index contributed by atoms with van der Waals surface area (Å²) in [5, 5.41) is 0. The van der Waals surface area contributed by atoms with Crippen LogP contribution in [0.4, 0.5) is 0 Å². The van der Waals surface area contributed by atoms with Gasteiger partial charge in [-0.25, -0.2) is 0 Å². The minimum atomic E-state index is -0.117. The van der Waals surface area contributed by atoms with E-state index in [0.29, 0.717) is 0 Å². The second kappa shape index (κ2) is 6.01. The molecule has 1 saturated carbocycles. The Hall–Kier alpha value is -0.530. The van der Waals surface area contributed by atoms with Crippen molar-refractivity contribution in [1.82, 2.24) is 0 Å². The molecule has 75 valence electrons. The molecule has 0 bridgehead atoms. The van der Waals surface area contributed by atoms with Crippen molar-refractivity contribution in [2.24, 2.45) is 0 Å². The van der Waals surface area contributed by atoms with Crippen LogP contribution in [0.5, 0.6) is 0 Å². The first kappa shape index (κ1) is 10.6. The molecule has 0 aromatic heterocycles. The maximum Gasteiger partial charge on any atom is 0.310 e. The molecule has 2 nitrogen and oxygen atoms in total. The van der Waals surface area contributed by atoms with Crippen molar-refractivity contribution in [1.29, 1.82) is 0 Å². The van der Waals surface area contributed by atoms with Gasteiger partial charge in [-0.1, -0.05) is 19.8 Å². The van der Waals surface area contributed by atoms with Crippen LogP contribution in [0.25, 0.3) is 0 Å². The Morgan fingerprint density at radius 3 is 2.69 bits per heavy atom. The molecule has 0 unspecified atom stereocenters. The molecule has 0 saturated heterocycles. The number of carbonyl (C=O) groups excluding carboxylic acids is 1. The predicted molar refractivity (Wildman–Crippen MR) is 52.2 cm³/mol. The number of rotatable bonds is 4. The fourth-order valence-corrected chi connectivity index (χ4v) is 1.66. The predicted octanol–water partition coefficient (Wildman–Crippen LogP) is 2.87. The highest BCUT2D eigenvalue weighted by Gasteiger charge is 2.16. The highest BCUT2D eigenvalue weighted by molar-refractivity contribution is 5.78. The molecular weight excluding hydrogens is 164 g/mol. The Bertz CT molecular complexity index is 148. The Morgan fingerprint density at radius 1 is 1.38 bits per heavy atom. The monoisotopic (exact) mass is 183 g/mol. The topological polar surface area (TPSA) is 26.3 Å². The molecule has 0 atom stereocenters. The van der Waals surface area contributed by atoms with E-state index in [1.807, 2.05) is 0 Å². The van der Waals surface area contributed by atoms with E-state index < -0.39 is 0 Å². The first-order valence-electron chi connectivity index (χ1n) is 5.36. The minimum Gasteiger partial charge on any atom is -0.462 e. The van der Waals surface area contributed by atoms with Gasteiger partial charge in [0.2, 0.25) is 0 Å². The van der Waals surface area contributed by atoms with E-state index >= 15 is 0 Å². The lowest BCUT2D eigenvalue weighted by Crippen LogP contribution is -2.20. The van der Waals surface area contributed by atoms with Crippen molar-refractivity contribution in [3.8, 4) is 0 Å². The lowest BCUT2D eigenvalue weighted by Gasteiger charge is -2.21. The van der Waals surface area contributed by atoms with E-state index in [2.05, 4.69) is 6.92 Å². The van der Waals surface area contributed by atoms with Crippen molar-refractivity contribution in [2.45, 2.75) is 58.0 Å². The molecule has 13 heavy (non-hydrogen) atoms. The van der Waals surface area contributed by atoms with Gasteiger partial charge in [-0.15, -0.1) is 0 Å². The zero-order chi connectivity index (χ0) is 9.52. The summed E-state index contributed by atoms with van der Waals surface area (Å²) in [5.74, 6) is -0.117. The van der Waals surface area contributed by atoms with E-state index in [9.17, 15) is 4.79 Å². The summed E-state index contributed by atoms with van der Waals surface area (Å²) in [6.45, 7) is 2.06. The van der Waals surface area contributed by atoms with Crippen molar-refractivity contribution < 1.29 is 9.53 Å². The molecule has 1 fully saturated rings. The molecule has 0 N–H and O–H groups in total. The third-order valence-corrected chi connectivity index (χ3v) is 2.43. The average Bonchev–Trinajstić information content (AvgIpc) is 2.16. The number of hydrogen-bond donors (Lipinski definition) is 0. The summed E-state index contributed by atoms with van der Waals surface area (Å²) < 4.78 is 5.30. The molecule has 0 heterocycles. The molecule has 0 aromatic carbocycles. The minimum absolute atomic E-state index is 0.117. The molecule has 0 aromatic rings. The van der Waals surface area contributed by atoms with Gasteiger partial charge in [-0.05, 0) is 32.1 Å². The summed E-state index contributed by atoms with van der Waals surface area (Å²) in [4.78, 5) is 11.2. The van der Waals surface area contributed by atoms with E-state index in [1.165, 1.54) is 19.3 Å². The summed E-state index contributed by atoms with van der Waals surface area (Å²) in [5.41, 5.74) is 0. The van der Waals surface area contributed by atoms with Crippen LogP contribution >= 0.6 is 0 Å². The number of ether oxygens (including phenoxy) is 1. The van der Waals surface area contributed by atoms with Crippen molar-refractivity contribution in [2.75, 3.05) is 0 Å². The van der Waals surface area contributed by atoms with Crippen LogP contribution in [0.1, 0.15) is 51.9 Å². The SMILES string of the molecule is CCC[CH]C(=O)OC1CCCCC1. The number of esters is 1. The molecule has 0 spiro atoms. The Labute approximate surface area is 80.7 Å². The summed E-state index contributed by atoms with van der Waals surface area (Å²) in [7, 11) is 0.